The third-order valence-corrected chi connectivity index (χ3v) is 4.72. The number of nitrogens with zero attached hydrogens (tertiary/aromatic N) is 2. The van der Waals surface area contributed by atoms with E-state index in [9.17, 15) is 9.59 Å². The summed E-state index contributed by atoms with van der Waals surface area (Å²) >= 11 is 0. The monoisotopic (exact) mass is 360 g/mol. The fraction of sp³-hybridized carbons (Fsp3) is 0.600. The predicted octanol–water partition coefficient (Wildman–Crippen LogP) is 3.37. The summed E-state index contributed by atoms with van der Waals surface area (Å²) < 4.78 is 11.2. The predicted molar refractivity (Wildman–Crippen MR) is 99.6 cm³/mol. The maximum absolute atomic E-state index is 13.2. The number of carbonyl (C=O) groups is 2. The number of likely N-dealkylation sites (tertiary alicyclic amines) is 1. The number of amides is 2. The number of hydrogen-bond donors (Lipinski definition) is 0. The molecule has 1 saturated heterocycles. The summed E-state index contributed by atoms with van der Waals surface area (Å²) in [6.07, 6.45) is 1.86. The van der Waals surface area contributed by atoms with Crippen molar-refractivity contribution >= 4 is 17.7 Å². The molecule has 26 heavy (non-hydrogen) atoms. The molecule has 0 aliphatic carbocycles. The lowest BCUT2D eigenvalue weighted by Gasteiger charge is -2.30. The van der Waals surface area contributed by atoms with Crippen LogP contribution in [0.5, 0.6) is 5.75 Å². The van der Waals surface area contributed by atoms with Crippen LogP contribution in [0.1, 0.15) is 46.1 Å². The van der Waals surface area contributed by atoms with Crippen molar-refractivity contribution in [3.05, 3.63) is 23.8 Å². The van der Waals surface area contributed by atoms with Crippen molar-refractivity contribution in [2.24, 2.45) is 0 Å². The Morgan fingerprint density at radius 3 is 2.69 bits per heavy atom. The molecule has 2 aliphatic rings. The summed E-state index contributed by atoms with van der Waals surface area (Å²) in [5, 5.41) is 0. The lowest BCUT2D eigenvalue weighted by atomic mass is 10.1. The van der Waals surface area contributed by atoms with Crippen LogP contribution in [-0.4, -0.2) is 48.2 Å². The number of anilines is 1. The molecule has 1 fully saturated rings. The molecule has 1 unspecified atom stereocenters. The Hall–Kier alpha value is -2.24. The first-order valence-corrected chi connectivity index (χ1v) is 9.37. The summed E-state index contributed by atoms with van der Waals surface area (Å²) in [7, 11) is 0. The molecule has 0 radical (unpaired) electrons. The first-order chi connectivity index (χ1) is 12.3. The normalized spacial score (nSPS) is 19.5. The van der Waals surface area contributed by atoms with Crippen LogP contribution in [0.4, 0.5) is 10.5 Å². The van der Waals surface area contributed by atoms with Crippen molar-refractivity contribution in [1.29, 1.82) is 0 Å². The van der Waals surface area contributed by atoms with Crippen molar-refractivity contribution < 1.29 is 19.1 Å². The van der Waals surface area contributed by atoms with Crippen LogP contribution in [0.3, 0.4) is 0 Å². The SMILES string of the molecule is CCOc1cccc2c1CCN2C(=O)C1CCCN1C(=O)OC(C)(C)C. The molecular formula is C20H28N2O4. The van der Waals surface area contributed by atoms with Gasteiger partial charge in [-0.2, -0.15) is 0 Å². The summed E-state index contributed by atoms with van der Waals surface area (Å²) in [6.45, 7) is 9.24. The molecular weight excluding hydrogens is 332 g/mol. The Morgan fingerprint density at radius 1 is 1.23 bits per heavy atom. The van der Waals surface area contributed by atoms with Crippen molar-refractivity contribution in [3.8, 4) is 5.75 Å². The minimum atomic E-state index is -0.570. The van der Waals surface area contributed by atoms with Crippen LogP contribution in [0.25, 0.3) is 0 Å². The summed E-state index contributed by atoms with van der Waals surface area (Å²) in [5.74, 6) is 0.816. The largest absolute Gasteiger partial charge is 0.494 e. The Balaban J connectivity index is 1.78. The second kappa shape index (κ2) is 7.17. The Labute approximate surface area is 155 Å². The molecule has 0 aromatic heterocycles. The van der Waals surface area contributed by atoms with Gasteiger partial charge in [-0.1, -0.05) is 6.07 Å². The van der Waals surface area contributed by atoms with E-state index in [-0.39, 0.29) is 5.91 Å². The highest BCUT2D eigenvalue weighted by molar-refractivity contribution is 6.00. The summed E-state index contributed by atoms with van der Waals surface area (Å²) in [4.78, 5) is 29.1. The van der Waals surface area contributed by atoms with E-state index in [1.165, 1.54) is 0 Å². The molecule has 1 aromatic rings. The number of hydrogen-bond acceptors (Lipinski definition) is 4. The standard InChI is InChI=1S/C20H28N2O4/c1-5-25-17-10-6-8-15-14(17)11-13-21(15)18(23)16-9-7-12-22(16)19(24)26-20(2,3)4/h6,8,10,16H,5,7,9,11-13H2,1-4H3. The lowest BCUT2D eigenvalue weighted by molar-refractivity contribution is -0.122. The number of ether oxygens (including phenoxy) is 2. The van der Waals surface area contributed by atoms with Gasteiger partial charge in [0.2, 0.25) is 5.91 Å². The summed E-state index contributed by atoms with van der Waals surface area (Å²) in [6, 6.07) is 5.36. The topological polar surface area (TPSA) is 59.1 Å². The van der Waals surface area contributed by atoms with Crippen LogP contribution in [0, 0.1) is 0 Å². The van der Waals surface area contributed by atoms with Crippen LogP contribution in [0.2, 0.25) is 0 Å². The van der Waals surface area contributed by atoms with Gasteiger partial charge in [-0.15, -0.1) is 0 Å². The van der Waals surface area contributed by atoms with Gasteiger partial charge in [0.25, 0.3) is 0 Å². The van der Waals surface area contributed by atoms with E-state index < -0.39 is 17.7 Å². The lowest BCUT2D eigenvalue weighted by Crippen LogP contribution is -2.48. The second-order valence-corrected chi connectivity index (χ2v) is 7.76. The van der Waals surface area contributed by atoms with Gasteiger partial charge in [0.15, 0.2) is 0 Å². The highest BCUT2D eigenvalue weighted by Crippen LogP contribution is 2.36. The molecule has 2 heterocycles. The number of rotatable bonds is 3. The van der Waals surface area contributed by atoms with E-state index in [1.807, 2.05) is 45.9 Å². The van der Waals surface area contributed by atoms with Crippen LogP contribution < -0.4 is 9.64 Å². The van der Waals surface area contributed by atoms with Crippen molar-refractivity contribution in [3.63, 3.8) is 0 Å². The smallest absolute Gasteiger partial charge is 0.410 e. The van der Waals surface area contributed by atoms with Gasteiger partial charge in [0, 0.05) is 18.7 Å². The maximum Gasteiger partial charge on any atom is 0.410 e. The number of fused-ring (bicyclic) bond motifs is 1. The van der Waals surface area contributed by atoms with E-state index in [4.69, 9.17) is 9.47 Å². The van der Waals surface area contributed by atoms with Crippen LogP contribution >= 0.6 is 0 Å². The van der Waals surface area contributed by atoms with E-state index in [0.29, 0.717) is 26.1 Å². The molecule has 0 spiro atoms. The quantitative estimate of drug-likeness (QED) is 0.829. The zero-order valence-electron chi connectivity index (χ0n) is 16.1. The molecule has 0 bridgehead atoms. The minimum absolute atomic E-state index is 0.0271. The van der Waals surface area contributed by atoms with E-state index >= 15 is 0 Å². The van der Waals surface area contributed by atoms with Crippen molar-refractivity contribution in [1.82, 2.24) is 4.90 Å². The average molecular weight is 360 g/mol. The van der Waals surface area contributed by atoms with E-state index in [2.05, 4.69) is 0 Å². The molecule has 1 atom stereocenters. The van der Waals surface area contributed by atoms with Gasteiger partial charge in [-0.3, -0.25) is 9.69 Å². The first-order valence-electron chi connectivity index (χ1n) is 9.37. The fourth-order valence-corrected chi connectivity index (χ4v) is 3.66. The zero-order chi connectivity index (χ0) is 18.9. The molecule has 6 nitrogen and oxygen atoms in total. The molecule has 142 valence electrons. The zero-order valence-corrected chi connectivity index (χ0v) is 16.1. The van der Waals surface area contributed by atoms with Gasteiger partial charge >= 0.3 is 6.09 Å². The second-order valence-electron chi connectivity index (χ2n) is 7.76. The third-order valence-electron chi connectivity index (χ3n) is 4.72. The Kier molecular flexibility index (Phi) is 5.12. The van der Waals surface area contributed by atoms with E-state index in [0.717, 1.165) is 29.8 Å². The number of carbonyl (C=O) groups excluding carboxylic acids is 2. The minimum Gasteiger partial charge on any atom is -0.494 e. The van der Waals surface area contributed by atoms with Gasteiger partial charge in [0.1, 0.15) is 17.4 Å². The molecule has 2 aliphatic heterocycles. The highest BCUT2D eigenvalue weighted by atomic mass is 16.6. The molecule has 6 heteroatoms. The molecule has 2 amide bonds. The van der Waals surface area contributed by atoms with Gasteiger partial charge in [0.05, 0.1) is 12.3 Å². The van der Waals surface area contributed by atoms with Crippen LogP contribution in [-0.2, 0) is 16.0 Å². The molecule has 0 N–H and O–H groups in total. The van der Waals surface area contributed by atoms with Crippen molar-refractivity contribution in [2.45, 2.75) is 58.6 Å². The van der Waals surface area contributed by atoms with Gasteiger partial charge < -0.3 is 14.4 Å². The number of benzene rings is 1. The molecule has 0 saturated carbocycles. The summed E-state index contributed by atoms with van der Waals surface area (Å²) in [5.41, 5.74) is 1.40. The van der Waals surface area contributed by atoms with Gasteiger partial charge in [-0.05, 0) is 59.1 Å². The average Bonchev–Trinajstić information content (AvgIpc) is 3.20. The first kappa shape index (κ1) is 18.5. The van der Waals surface area contributed by atoms with E-state index in [1.54, 1.807) is 9.80 Å². The maximum atomic E-state index is 13.2. The molecule has 3 rings (SSSR count). The Bertz CT molecular complexity index is 696. The Morgan fingerprint density at radius 2 is 2.00 bits per heavy atom. The fourth-order valence-electron chi connectivity index (χ4n) is 3.66. The van der Waals surface area contributed by atoms with Crippen LogP contribution in [0.15, 0.2) is 18.2 Å². The van der Waals surface area contributed by atoms with Gasteiger partial charge in [-0.25, -0.2) is 4.79 Å². The molecule has 1 aromatic carbocycles. The highest BCUT2D eigenvalue weighted by Gasteiger charge is 2.40. The third kappa shape index (κ3) is 3.64. The van der Waals surface area contributed by atoms with Crippen molar-refractivity contribution in [2.75, 3.05) is 24.6 Å².